The minimum Gasteiger partial charge on any atom is -0.491 e. The van der Waals surface area contributed by atoms with Crippen molar-refractivity contribution in [2.45, 2.75) is 18.2 Å². The lowest BCUT2D eigenvalue weighted by Gasteiger charge is -2.19. The summed E-state index contributed by atoms with van der Waals surface area (Å²) < 4.78 is 32.8. The number of carbonyl (C=O) groups is 2. The fourth-order valence-corrected chi connectivity index (χ4v) is 4.91. The van der Waals surface area contributed by atoms with Crippen LogP contribution in [0.4, 0.5) is 5.69 Å². The van der Waals surface area contributed by atoms with Crippen LogP contribution in [0.25, 0.3) is 0 Å². The molecule has 2 heterocycles. The molecule has 40 heavy (non-hydrogen) atoms. The van der Waals surface area contributed by atoms with Gasteiger partial charge in [-0.25, -0.2) is 0 Å². The minimum absolute atomic E-state index is 0.0200. The number of fused-ring (bicyclic) bond motifs is 22. The van der Waals surface area contributed by atoms with E-state index in [-0.39, 0.29) is 84.5 Å². The number of nitrogens with zero attached hydrogens (tertiary/aromatic N) is 1. The van der Waals surface area contributed by atoms with E-state index in [2.05, 4.69) is 10.6 Å². The Hall–Kier alpha value is -2.40. The van der Waals surface area contributed by atoms with Crippen molar-refractivity contribution < 1.29 is 42.9 Å². The van der Waals surface area contributed by atoms with E-state index in [4.69, 9.17) is 45.8 Å². The molecule has 3 rings (SSSR count). The second-order valence-corrected chi connectivity index (χ2v) is 9.65. The summed E-state index contributed by atoms with van der Waals surface area (Å²) in [5, 5.41) is 17.2. The number of methoxy groups -OCH3 is 1. The second-order valence-electron chi connectivity index (χ2n) is 8.24. The lowest BCUT2D eigenvalue weighted by atomic mass is 10.1. The van der Waals surface area contributed by atoms with Gasteiger partial charge in [0.05, 0.1) is 81.5 Å². The normalized spacial score (nSPS) is 19.4. The second kappa shape index (κ2) is 19.6. The maximum atomic E-state index is 12.7. The van der Waals surface area contributed by atoms with Crippen LogP contribution in [0.3, 0.4) is 0 Å². The average molecular weight is 609 g/mol. The maximum Gasteiger partial charge on any atom is 0.278 e. The van der Waals surface area contributed by atoms with Crippen molar-refractivity contribution in [1.29, 1.82) is 0 Å². The van der Waals surface area contributed by atoms with Crippen LogP contribution in [-0.2, 0) is 34.3 Å². The topological polar surface area (TPSA) is 183 Å². The van der Waals surface area contributed by atoms with Gasteiger partial charge >= 0.3 is 0 Å². The zero-order chi connectivity index (χ0) is 29.2. The SMILES string of the molecule is COc1c2cc([N+](=O)[O-])c(c1Cl)CSCC(C(=O)NCCN)NC(=O)CCOCCOCCOCCOCCO2. The van der Waals surface area contributed by atoms with Crippen LogP contribution in [0.2, 0.25) is 5.02 Å². The Morgan fingerprint density at radius 1 is 1.15 bits per heavy atom. The van der Waals surface area contributed by atoms with E-state index in [1.54, 1.807) is 0 Å². The lowest BCUT2D eigenvalue weighted by molar-refractivity contribution is -0.385. The highest BCUT2D eigenvalue weighted by Crippen LogP contribution is 2.44. The summed E-state index contributed by atoms with van der Waals surface area (Å²) in [6, 6.07) is 0.336. The van der Waals surface area contributed by atoms with Crippen LogP contribution in [0.1, 0.15) is 12.0 Å². The highest BCUT2D eigenvalue weighted by atomic mass is 35.5. The van der Waals surface area contributed by atoms with Crippen LogP contribution in [-0.4, -0.2) is 108 Å². The van der Waals surface area contributed by atoms with Gasteiger partial charge in [0.15, 0.2) is 11.5 Å². The van der Waals surface area contributed by atoms with Crippen LogP contribution in [0, 0.1) is 10.1 Å². The minimum atomic E-state index is -0.913. The van der Waals surface area contributed by atoms with Crippen molar-refractivity contribution in [1.82, 2.24) is 10.6 Å². The molecule has 2 amide bonds. The Morgan fingerprint density at radius 3 is 2.33 bits per heavy atom. The number of rotatable bonds is 5. The number of hydrogen-bond acceptors (Lipinski definition) is 12. The maximum absolute atomic E-state index is 12.7. The number of nitrogens with two attached hydrogens (primary N) is 1. The summed E-state index contributed by atoms with van der Waals surface area (Å²) in [7, 11) is 1.38. The lowest BCUT2D eigenvalue weighted by Crippen LogP contribution is -2.49. The number of benzene rings is 1. The number of thioether (sulfide) groups is 1. The van der Waals surface area contributed by atoms with E-state index in [1.165, 1.54) is 24.9 Å². The molecule has 2 bridgehead atoms. The molecule has 0 fully saturated rings. The van der Waals surface area contributed by atoms with Gasteiger partial charge < -0.3 is 44.8 Å². The summed E-state index contributed by atoms with van der Waals surface area (Å²) in [5.74, 6) is -0.392. The van der Waals surface area contributed by atoms with Gasteiger partial charge in [-0.1, -0.05) is 11.6 Å². The van der Waals surface area contributed by atoms with Gasteiger partial charge in [-0.15, -0.1) is 0 Å². The quantitative estimate of drug-likeness (QED) is 0.244. The molecule has 1 aromatic carbocycles. The summed E-state index contributed by atoms with van der Waals surface area (Å²) in [6.45, 7) is 2.98. The Balaban J connectivity index is 2.20. The van der Waals surface area contributed by atoms with E-state index in [1.807, 2.05) is 0 Å². The Bertz CT molecular complexity index is 959. The molecule has 0 aromatic heterocycles. The molecule has 2 aliphatic heterocycles. The first-order valence-corrected chi connectivity index (χ1v) is 14.2. The molecular weight excluding hydrogens is 572 g/mol. The molecular formula is C24H37ClN4O10S. The predicted octanol–water partition coefficient (Wildman–Crippen LogP) is 0.899. The highest BCUT2D eigenvalue weighted by molar-refractivity contribution is 7.98. The summed E-state index contributed by atoms with van der Waals surface area (Å²) in [5.41, 5.74) is 5.41. The van der Waals surface area contributed by atoms with E-state index in [9.17, 15) is 19.7 Å². The number of hydrogen-bond donors (Lipinski definition) is 3. The number of nitro benzene ring substituents is 1. The zero-order valence-corrected chi connectivity index (χ0v) is 24.0. The van der Waals surface area contributed by atoms with E-state index >= 15 is 0 Å². The molecule has 16 heteroatoms. The molecule has 0 aliphatic carbocycles. The van der Waals surface area contributed by atoms with Gasteiger partial charge in [0.25, 0.3) is 5.69 Å². The van der Waals surface area contributed by atoms with Crippen LogP contribution >= 0.6 is 23.4 Å². The smallest absolute Gasteiger partial charge is 0.278 e. The molecule has 2 aliphatic rings. The summed E-state index contributed by atoms with van der Waals surface area (Å²) in [6.07, 6.45) is 0.0322. The largest absolute Gasteiger partial charge is 0.491 e. The summed E-state index contributed by atoms with van der Waals surface area (Å²) in [4.78, 5) is 36.5. The van der Waals surface area contributed by atoms with Crippen LogP contribution in [0.15, 0.2) is 6.07 Å². The van der Waals surface area contributed by atoms with Gasteiger partial charge in [0.2, 0.25) is 11.8 Å². The van der Waals surface area contributed by atoms with Crippen molar-refractivity contribution in [3.8, 4) is 11.5 Å². The average Bonchev–Trinajstić information content (AvgIpc) is 2.93. The molecule has 0 spiro atoms. The Morgan fingerprint density at radius 2 is 1.75 bits per heavy atom. The first-order chi connectivity index (χ1) is 19.4. The number of nitro groups is 1. The number of carbonyl (C=O) groups excluding carboxylic acids is 2. The standard InChI is InChI=1S/C24H37ClN4O10S/c1-34-23-20-14-19(29(32)33)17(22(23)25)15-40-16-18(24(31)27-4-3-26)28-21(30)2-5-35-6-7-36-8-9-37-10-11-38-12-13-39-20/h14,18H,2-13,15-16,26H2,1H3,(H,27,31)(H,28,30). The highest BCUT2D eigenvalue weighted by Gasteiger charge is 2.27. The van der Waals surface area contributed by atoms with Gasteiger partial charge in [-0.05, 0) is 0 Å². The molecule has 1 aromatic rings. The number of nitrogens with one attached hydrogen (secondary N) is 2. The third-order valence-corrected chi connectivity index (χ3v) is 6.83. The fourth-order valence-electron chi connectivity index (χ4n) is 3.42. The van der Waals surface area contributed by atoms with Crippen LogP contribution in [0.5, 0.6) is 11.5 Å². The van der Waals surface area contributed by atoms with E-state index < -0.39 is 16.9 Å². The van der Waals surface area contributed by atoms with Crippen molar-refractivity contribution in [3.05, 3.63) is 26.8 Å². The molecule has 4 N–H and O–H groups in total. The van der Waals surface area contributed by atoms with Crippen molar-refractivity contribution in [3.63, 3.8) is 0 Å². The number of amides is 2. The molecule has 0 saturated heterocycles. The van der Waals surface area contributed by atoms with Gasteiger partial charge in [-0.3, -0.25) is 19.7 Å². The van der Waals surface area contributed by atoms with Gasteiger partial charge in [-0.2, -0.15) is 11.8 Å². The Labute approximate surface area is 242 Å². The third kappa shape index (κ3) is 12.0. The number of ether oxygens (including phenoxy) is 6. The third-order valence-electron chi connectivity index (χ3n) is 5.37. The molecule has 1 unspecified atom stereocenters. The molecule has 226 valence electrons. The number of halogens is 1. The molecule has 1 atom stereocenters. The van der Waals surface area contributed by atoms with Gasteiger partial charge in [0, 0.05) is 31.0 Å². The fraction of sp³-hybridized carbons (Fsp3) is 0.667. The van der Waals surface area contributed by atoms with Crippen molar-refractivity contribution in [2.24, 2.45) is 5.73 Å². The van der Waals surface area contributed by atoms with E-state index in [0.29, 0.717) is 39.6 Å². The Kier molecular flexibility index (Phi) is 16.6. The predicted molar refractivity (Wildman–Crippen MR) is 148 cm³/mol. The first-order valence-electron chi connectivity index (χ1n) is 12.7. The van der Waals surface area contributed by atoms with Gasteiger partial charge in [0.1, 0.15) is 12.6 Å². The molecule has 0 radical (unpaired) electrons. The molecule has 0 saturated carbocycles. The monoisotopic (exact) mass is 608 g/mol. The summed E-state index contributed by atoms with van der Waals surface area (Å²) >= 11 is 7.71. The van der Waals surface area contributed by atoms with E-state index in [0.717, 1.165) is 0 Å². The van der Waals surface area contributed by atoms with Crippen molar-refractivity contribution >= 4 is 40.9 Å². The zero-order valence-electron chi connectivity index (χ0n) is 22.4. The molecule has 14 nitrogen and oxygen atoms in total. The first kappa shape index (κ1) is 33.8. The van der Waals surface area contributed by atoms with Crippen LogP contribution < -0.4 is 25.8 Å². The van der Waals surface area contributed by atoms with Crippen molar-refractivity contribution in [2.75, 3.05) is 85.4 Å².